The van der Waals surface area contributed by atoms with Gasteiger partial charge in [-0.3, -0.25) is 0 Å². The summed E-state index contributed by atoms with van der Waals surface area (Å²) in [6, 6.07) is 1.45. The number of esters is 1. The minimum absolute atomic E-state index is 0.0250. The van der Waals surface area contributed by atoms with Gasteiger partial charge in [0.1, 0.15) is 10.8 Å². The Morgan fingerprint density at radius 3 is 2.95 bits per heavy atom. The zero-order valence-electron chi connectivity index (χ0n) is 10.4. The average molecular weight is 289 g/mol. The van der Waals surface area contributed by atoms with E-state index in [2.05, 4.69) is 0 Å². The van der Waals surface area contributed by atoms with Gasteiger partial charge in [0.05, 0.1) is 13.7 Å². The SMILES string of the molecule is CCOC(=O)C(O)c1cc2c(c(Cl)c1OC)OCO2. The fourth-order valence-corrected chi connectivity index (χ4v) is 2.10. The molecule has 0 saturated carbocycles. The van der Waals surface area contributed by atoms with E-state index in [0.29, 0.717) is 11.5 Å². The van der Waals surface area contributed by atoms with Gasteiger partial charge in [0.25, 0.3) is 0 Å². The van der Waals surface area contributed by atoms with Crippen molar-refractivity contribution in [2.24, 2.45) is 0 Å². The molecular formula is C12H13ClO6. The van der Waals surface area contributed by atoms with Gasteiger partial charge in [0, 0.05) is 5.56 Å². The van der Waals surface area contributed by atoms with Crippen LogP contribution >= 0.6 is 11.6 Å². The highest BCUT2D eigenvalue weighted by Gasteiger charge is 2.30. The van der Waals surface area contributed by atoms with Gasteiger partial charge in [-0.05, 0) is 13.0 Å². The van der Waals surface area contributed by atoms with Crippen LogP contribution in [0.2, 0.25) is 5.02 Å². The second-order valence-corrected chi connectivity index (χ2v) is 4.08. The molecule has 0 bridgehead atoms. The molecule has 1 aliphatic rings. The molecule has 0 radical (unpaired) electrons. The smallest absolute Gasteiger partial charge is 0.339 e. The third-order valence-electron chi connectivity index (χ3n) is 2.60. The maximum absolute atomic E-state index is 11.6. The van der Waals surface area contributed by atoms with E-state index in [1.807, 2.05) is 0 Å². The summed E-state index contributed by atoms with van der Waals surface area (Å²) < 4.78 is 20.2. The third-order valence-corrected chi connectivity index (χ3v) is 2.94. The summed E-state index contributed by atoms with van der Waals surface area (Å²) in [5.41, 5.74) is 0.176. The van der Waals surface area contributed by atoms with Crippen molar-refractivity contribution in [3.63, 3.8) is 0 Å². The van der Waals surface area contributed by atoms with Crippen molar-refractivity contribution in [1.82, 2.24) is 0 Å². The number of hydrogen-bond donors (Lipinski definition) is 1. The van der Waals surface area contributed by atoms with Crippen molar-refractivity contribution in [2.45, 2.75) is 13.0 Å². The van der Waals surface area contributed by atoms with Crippen LogP contribution in [0.5, 0.6) is 17.2 Å². The lowest BCUT2D eigenvalue weighted by Crippen LogP contribution is -2.16. The summed E-state index contributed by atoms with van der Waals surface area (Å²) in [6.07, 6.45) is -1.50. The third kappa shape index (κ3) is 2.41. The lowest BCUT2D eigenvalue weighted by Gasteiger charge is -2.16. The van der Waals surface area contributed by atoms with E-state index in [1.54, 1.807) is 6.92 Å². The second kappa shape index (κ2) is 5.54. The van der Waals surface area contributed by atoms with Crippen LogP contribution in [-0.2, 0) is 9.53 Å². The van der Waals surface area contributed by atoms with Crippen LogP contribution in [0.25, 0.3) is 0 Å². The van der Waals surface area contributed by atoms with Crippen LogP contribution < -0.4 is 14.2 Å². The Morgan fingerprint density at radius 2 is 2.32 bits per heavy atom. The molecule has 19 heavy (non-hydrogen) atoms. The first-order valence-corrected chi connectivity index (χ1v) is 5.98. The van der Waals surface area contributed by atoms with E-state index in [9.17, 15) is 9.90 Å². The molecule has 1 heterocycles. The average Bonchev–Trinajstić information content (AvgIpc) is 2.86. The molecule has 0 aromatic heterocycles. The molecule has 0 amide bonds. The van der Waals surface area contributed by atoms with Crippen LogP contribution in [0.3, 0.4) is 0 Å². The first-order valence-electron chi connectivity index (χ1n) is 5.60. The zero-order chi connectivity index (χ0) is 14.0. The standard InChI is InChI=1S/C12H13ClO6/c1-3-17-12(15)9(14)6-4-7-11(19-5-18-7)8(13)10(6)16-2/h4,9,14H,3,5H2,1-2H3. The fraction of sp³-hybridized carbons (Fsp3) is 0.417. The Bertz CT molecular complexity index is 501. The lowest BCUT2D eigenvalue weighted by molar-refractivity contribution is -0.153. The number of aliphatic hydroxyl groups is 1. The minimum Gasteiger partial charge on any atom is -0.495 e. The molecule has 0 aliphatic carbocycles. The van der Waals surface area contributed by atoms with Crippen LogP contribution in [0.4, 0.5) is 0 Å². The zero-order valence-corrected chi connectivity index (χ0v) is 11.2. The van der Waals surface area contributed by atoms with Crippen molar-refractivity contribution in [3.8, 4) is 17.2 Å². The molecule has 1 aliphatic heterocycles. The summed E-state index contributed by atoms with van der Waals surface area (Å²) in [6.45, 7) is 1.84. The second-order valence-electron chi connectivity index (χ2n) is 3.70. The molecule has 0 spiro atoms. The topological polar surface area (TPSA) is 74.2 Å². The predicted octanol–water partition coefficient (Wildman–Crippen LogP) is 1.67. The predicted molar refractivity (Wildman–Crippen MR) is 65.7 cm³/mol. The van der Waals surface area contributed by atoms with Crippen LogP contribution in [-0.4, -0.2) is 31.6 Å². The molecule has 1 unspecified atom stereocenters. The van der Waals surface area contributed by atoms with Gasteiger partial charge in [0.15, 0.2) is 17.6 Å². The highest BCUT2D eigenvalue weighted by atomic mass is 35.5. The molecule has 2 rings (SSSR count). The number of aliphatic hydroxyl groups excluding tert-OH is 1. The number of hydrogen-bond acceptors (Lipinski definition) is 6. The van der Waals surface area contributed by atoms with Crippen LogP contribution in [0.1, 0.15) is 18.6 Å². The molecular weight excluding hydrogens is 276 g/mol. The number of fused-ring (bicyclic) bond motifs is 1. The summed E-state index contributed by atoms with van der Waals surface area (Å²) in [5, 5.41) is 10.1. The normalized spacial score (nSPS) is 14.1. The van der Waals surface area contributed by atoms with E-state index >= 15 is 0 Å². The largest absolute Gasteiger partial charge is 0.495 e. The summed E-state index contributed by atoms with van der Waals surface area (Å²) >= 11 is 6.09. The Balaban J connectivity index is 2.45. The Labute approximate surface area is 114 Å². The van der Waals surface area contributed by atoms with Gasteiger partial charge in [-0.2, -0.15) is 0 Å². The number of benzene rings is 1. The maximum atomic E-state index is 11.6. The fourth-order valence-electron chi connectivity index (χ4n) is 1.76. The van der Waals surface area contributed by atoms with Gasteiger partial charge in [-0.1, -0.05) is 11.6 Å². The van der Waals surface area contributed by atoms with Gasteiger partial charge in [-0.25, -0.2) is 4.79 Å². The van der Waals surface area contributed by atoms with Crippen molar-refractivity contribution in [1.29, 1.82) is 0 Å². The first-order chi connectivity index (χ1) is 9.10. The lowest BCUT2D eigenvalue weighted by atomic mass is 10.1. The highest BCUT2D eigenvalue weighted by molar-refractivity contribution is 6.34. The summed E-state index contributed by atoms with van der Waals surface area (Å²) in [7, 11) is 1.38. The first kappa shape index (κ1) is 13.8. The van der Waals surface area contributed by atoms with E-state index in [-0.39, 0.29) is 29.7 Å². The van der Waals surface area contributed by atoms with Gasteiger partial charge in [-0.15, -0.1) is 0 Å². The van der Waals surface area contributed by atoms with E-state index in [0.717, 1.165) is 0 Å². The molecule has 7 heteroatoms. The van der Waals surface area contributed by atoms with Crippen molar-refractivity contribution >= 4 is 17.6 Å². The molecule has 1 N–H and O–H groups in total. The molecule has 0 saturated heterocycles. The Hall–Kier alpha value is -1.66. The highest BCUT2D eigenvalue weighted by Crippen LogP contribution is 2.48. The van der Waals surface area contributed by atoms with Gasteiger partial charge in [0.2, 0.25) is 6.79 Å². The molecule has 6 nitrogen and oxygen atoms in total. The quantitative estimate of drug-likeness (QED) is 0.850. The van der Waals surface area contributed by atoms with E-state index < -0.39 is 12.1 Å². The molecule has 1 aromatic carbocycles. The van der Waals surface area contributed by atoms with Crippen LogP contribution in [0.15, 0.2) is 6.07 Å². The van der Waals surface area contributed by atoms with Crippen molar-refractivity contribution in [3.05, 3.63) is 16.7 Å². The number of carbonyl (C=O) groups is 1. The number of carbonyl (C=O) groups excluding carboxylic acids is 1. The number of halogens is 1. The van der Waals surface area contributed by atoms with E-state index in [4.69, 9.17) is 30.5 Å². The van der Waals surface area contributed by atoms with E-state index in [1.165, 1.54) is 13.2 Å². The molecule has 104 valence electrons. The number of ether oxygens (including phenoxy) is 4. The summed E-state index contributed by atoms with van der Waals surface area (Å²) in [4.78, 5) is 11.6. The van der Waals surface area contributed by atoms with Crippen LogP contribution in [0, 0.1) is 0 Å². The van der Waals surface area contributed by atoms with Crippen molar-refractivity contribution < 1.29 is 28.8 Å². The number of rotatable bonds is 4. The monoisotopic (exact) mass is 288 g/mol. The minimum atomic E-state index is -1.50. The summed E-state index contributed by atoms with van der Waals surface area (Å²) in [5.74, 6) is 0.0599. The Kier molecular flexibility index (Phi) is 4.01. The molecule has 1 atom stereocenters. The van der Waals surface area contributed by atoms with Gasteiger partial charge < -0.3 is 24.1 Å². The Morgan fingerprint density at radius 1 is 1.58 bits per heavy atom. The maximum Gasteiger partial charge on any atom is 0.339 e. The van der Waals surface area contributed by atoms with Crippen molar-refractivity contribution in [2.75, 3.05) is 20.5 Å². The number of methoxy groups -OCH3 is 1. The molecule has 0 fully saturated rings. The van der Waals surface area contributed by atoms with Gasteiger partial charge >= 0.3 is 5.97 Å². The molecule has 1 aromatic rings.